The highest BCUT2D eigenvalue weighted by molar-refractivity contribution is 5.28. The normalized spacial score (nSPS) is 13.8. The van der Waals surface area contributed by atoms with Gasteiger partial charge in [0.25, 0.3) is 0 Å². The van der Waals surface area contributed by atoms with Crippen LogP contribution < -0.4 is 4.74 Å². The quantitative estimate of drug-likeness (QED) is 0.734. The van der Waals surface area contributed by atoms with Crippen molar-refractivity contribution in [2.75, 3.05) is 7.11 Å². The first-order valence-corrected chi connectivity index (χ1v) is 7.36. The fourth-order valence-electron chi connectivity index (χ4n) is 2.56. The van der Waals surface area contributed by atoms with E-state index in [9.17, 15) is 0 Å². The molecule has 0 fully saturated rings. The van der Waals surface area contributed by atoms with Crippen LogP contribution in [0.2, 0.25) is 0 Å². The summed E-state index contributed by atoms with van der Waals surface area (Å²) in [4.78, 5) is 0. The fourth-order valence-corrected chi connectivity index (χ4v) is 2.56. The topological polar surface area (TPSA) is 9.23 Å². The molecule has 0 aromatic heterocycles. The summed E-state index contributed by atoms with van der Waals surface area (Å²) in [5, 5.41) is 0. The monoisotopic (exact) mass is 268 g/mol. The van der Waals surface area contributed by atoms with Crippen molar-refractivity contribution in [1.29, 1.82) is 0 Å². The van der Waals surface area contributed by atoms with E-state index >= 15 is 0 Å². The average Bonchev–Trinajstić information content (AvgIpc) is 2.48. The van der Waals surface area contributed by atoms with Crippen molar-refractivity contribution in [1.82, 2.24) is 0 Å². The van der Waals surface area contributed by atoms with Crippen LogP contribution in [-0.2, 0) is 12.8 Å². The number of rotatable bonds is 6. The number of hydrogen-bond acceptors (Lipinski definition) is 1. The molecule has 1 heteroatoms. The largest absolute Gasteiger partial charge is 0.497 e. The van der Waals surface area contributed by atoms with Gasteiger partial charge >= 0.3 is 0 Å². The zero-order valence-corrected chi connectivity index (χ0v) is 12.7. The third-order valence-electron chi connectivity index (χ3n) is 4.06. The molecule has 0 aliphatic carbocycles. The van der Waals surface area contributed by atoms with Crippen LogP contribution in [0.1, 0.15) is 25.0 Å². The summed E-state index contributed by atoms with van der Waals surface area (Å²) in [6.45, 7) is 4.69. The Bertz CT molecular complexity index is 518. The highest BCUT2D eigenvalue weighted by atomic mass is 16.5. The van der Waals surface area contributed by atoms with Crippen LogP contribution >= 0.6 is 0 Å². The van der Waals surface area contributed by atoms with Crippen molar-refractivity contribution in [3.63, 3.8) is 0 Å². The van der Waals surface area contributed by atoms with Gasteiger partial charge in [-0.25, -0.2) is 0 Å². The summed E-state index contributed by atoms with van der Waals surface area (Å²) < 4.78 is 5.29. The second-order valence-corrected chi connectivity index (χ2v) is 5.70. The van der Waals surface area contributed by atoms with Gasteiger partial charge in [-0.2, -0.15) is 0 Å². The van der Waals surface area contributed by atoms with Gasteiger partial charge < -0.3 is 4.74 Å². The molecular weight excluding hydrogens is 244 g/mol. The van der Waals surface area contributed by atoms with Crippen LogP contribution in [0.25, 0.3) is 0 Å². The molecule has 106 valence electrons. The molecule has 0 spiro atoms. The predicted octanol–water partition coefficient (Wildman–Crippen LogP) is 4.75. The molecule has 0 unspecified atom stereocenters. The van der Waals surface area contributed by atoms with E-state index in [2.05, 4.69) is 62.4 Å². The zero-order chi connectivity index (χ0) is 14.4. The minimum atomic E-state index is 0.655. The van der Waals surface area contributed by atoms with Gasteiger partial charge in [-0.3, -0.25) is 0 Å². The van der Waals surface area contributed by atoms with Crippen molar-refractivity contribution < 1.29 is 4.74 Å². The van der Waals surface area contributed by atoms with E-state index in [0.29, 0.717) is 11.8 Å². The minimum Gasteiger partial charge on any atom is -0.497 e. The van der Waals surface area contributed by atoms with Crippen molar-refractivity contribution in [3.8, 4) is 5.75 Å². The number of benzene rings is 2. The predicted molar refractivity (Wildman–Crippen MR) is 85.2 cm³/mol. The van der Waals surface area contributed by atoms with Gasteiger partial charge in [-0.1, -0.05) is 56.3 Å². The Kier molecular flexibility index (Phi) is 5.23. The maximum Gasteiger partial charge on any atom is 0.119 e. The van der Waals surface area contributed by atoms with Gasteiger partial charge in [-0.15, -0.1) is 0 Å². The van der Waals surface area contributed by atoms with Gasteiger partial charge in [0.15, 0.2) is 0 Å². The Labute approximate surface area is 122 Å². The Hall–Kier alpha value is -1.76. The number of methoxy groups -OCH3 is 1. The Balaban J connectivity index is 1.95. The molecule has 2 rings (SSSR count). The third-order valence-corrected chi connectivity index (χ3v) is 4.06. The zero-order valence-electron chi connectivity index (χ0n) is 12.7. The van der Waals surface area contributed by atoms with Crippen LogP contribution in [-0.4, -0.2) is 7.11 Å². The molecule has 0 radical (unpaired) electrons. The third kappa shape index (κ3) is 4.12. The lowest BCUT2D eigenvalue weighted by atomic mass is 9.85. The summed E-state index contributed by atoms with van der Waals surface area (Å²) in [6.07, 6.45) is 2.25. The lowest BCUT2D eigenvalue weighted by Crippen LogP contribution is -2.13. The molecule has 0 bridgehead atoms. The van der Waals surface area contributed by atoms with E-state index in [0.717, 1.165) is 18.6 Å². The first-order chi connectivity index (χ1) is 9.69. The molecule has 0 aliphatic heterocycles. The van der Waals surface area contributed by atoms with Crippen LogP contribution in [0.15, 0.2) is 54.6 Å². The van der Waals surface area contributed by atoms with Crippen LogP contribution in [0.5, 0.6) is 5.75 Å². The first kappa shape index (κ1) is 14.6. The smallest absolute Gasteiger partial charge is 0.119 e. The van der Waals surface area contributed by atoms with Crippen LogP contribution in [0.3, 0.4) is 0 Å². The van der Waals surface area contributed by atoms with Crippen molar-refractivity contribution >= 4 is 0 Å². The van der Waals surface area contributed by atoms with E-state index in [4.69, 9.17) is 4.74 Å². The molecule has 0 heterocycles. The van der Waals surface area contributed by atoms with Gasteiger partial charge in [-0.05, 0) is 47.9 Å². The van der Waals surface area contributed by atoms with Crippen molar-refractivity contribution in [2.45, 2.75) is 26.7 Å². The summed E-state index contributed by atoms with van der Waals surface area (Å²) in [6, 6.07) is 19.2. The molecule has 0 N–H and O–H groups in total. The average molecular weight is 268 g/mol. The highest BCUT2D eigenvalue weighted by Crippen LogP contribution is 2.23. The van der Waals surface area contributed by atoms with E-state index in [1.807, 2.05) is 6.07 Å². The van der Waals surface area contributed by atoms with E-state index in [1.165, 1.54) is 11.1 Å². The number of hydrogen-bond donors (Lipinski definition) is 0. The van der Waals surface area contributed by atoms with Gasteiger partial charge in [0, 0.05) is 0 Å². The molecule has 20 heavy (non-hydrogen) atoms. The maximum absolute atomic E-state index is 5.29. The summed E-state index contributed by atoms with van der Waals surface area (Å²) in [5.41, 5.74) is 2.79. The minimum absolute atomic E-state index is 0.655. The molecule has 2 atom stereocenters. The van der Waals surface area contributed by atoms with Gasteiger partial charge in [0.1, 0.15) is 5.75 Å². The lowest BCUT2D eigenvalue weighted by molar-refractivity contribution is 0.381. The van der Waals surface area contributed by atoms with Gasteiger partial charge in [0.2, 0.25) is 0 Å². The highest BCUT2D eigenvalue weighted by Gasteiger charge is 2.13. The Morgan fingerprint density at radius 2 is 1.40 bits per heavy atom. The second kappa shape index (κ2) is 7.14. The first-order valence-electron chi connectivity index (χ1n) is 7.36. The molecule has 0 saturated carbocycles. The fraction of sp³-hybridized carbons (Fsp3) is 0.368. The maximum atomic E-state index is 5.29. The SMILES string of the molecule is COc1cccc(C[C@H](C)[C@H](C)Cc2ccccc2)c1. The molecule has 1 nitrogen and oxygen atoms in total. The second-order valence-electron chi connectivity index (χ2n) is 5.70. The molecule has 2 aromatic rings. The molecule has 2 aromatic carbocycles. The lowest BCUT2D eigenvalue weighted by Gasteiger charge is -2.20. The summed E-state index contributed by atoms with van der Waals surface area (Å²) in [7, 11) is 1.72. The Morgan fingerprint density at radius 3 is 2.05 bits per heavy atom. The van der Waals surface area contributed by atoms with Crippen LogP contribution in [0.4, 0.5) is 0 Å². The van der Waals surface area contributed by atoms with Gasteiger partial charge in [0.05, 0.1) is 7.11 Å². The van der Waals surface area contributed by atoms with Crippen LogP contribution in [0, 0.1) is 11.8 Å². The van der Waals surface area contributed by atoms with Crippen molar-refractivity contribution in [2.24, 2.45) is 11.8 Å². The van der Waals surface area contributed by atoms with E-state index < -0.39 is 0 Å². The standard InChI is InChI=1S/C19H24O/c1-15(12-17-8-5-4-6-9-17)16(2)13-18-10-7-11-19(14-18)20-3/h4-11,14-16H,12-13H2,1-3H3/t15-,16+/m1/s1. The molecule has 0 aliphatic rings. The molecule has 0 amide bonds. The Morgan fingerprint density at radius 1 is 0.800 bits per heavy atom. The van der Waals surface area contributed by atoms with Crippen molar-refractivity contribution in [3.05, 3.63) is 65.7 Å². The summed E-state index contributed by atoms with van der Waals surface area (Å²) >= 11 is 0. The summed E-state index contributed by atoms with van der Waals surface area (Å²) in [5.74, 6) is 2.27. The number of ether oxygens (including phenoxy) is 1. The van der Waals surface area contributed by atoms with E-state index in [-0.39, 0.29) is 0 Å². The molecular formula is C19H24O. The molecule has 0 saturated heterocycles. The van der Waals surface area contributed by atoms with E-state index in [1.54, 1.807) is 7.11 Å².